The highest BCUT2D eigenvalue weighted by Crippen LogP contribution is 2.15. The van der Waals surface area contributed by atoms with Crippen molar-refractivity contribution in [1.29, 1.82) is 0 Å². The fraction of sp³-hybridized carbons (Fsp3) is 0.300. The van der Waals surface area contributed by atoms with Gasteiger partial charge in [0.05, 0.1) is 6.54 Å². The average Bonchev–Trinajstić information content (AvgIpc) is 2.92. The van der Waals surface area contributed by atoms with E-state index in [9.17, 15) is 14.4 Å². The lowest BCUT2D eigenvalue weighted by Gasteiger charge is -2.21. The third-order valence-corrected chi connectivity index (χ3v) is 5.86. The molecule has 0 aliphatic heterocycles. The minimum atomic E-state index is -0.237. The van der Waals surface area contributed by atoms with E-state index in [0.29, 0.717) is 23.4 Å². The first-order valence-electron chi connectivity index (χ1n) is 12.7. The van der Waals surface area contributed by atoms with E-state index in [4.69, 9.17) is 0 Å². The number of anilines is 2. The van der Waals surface area contributed by atoms with Gasteiger partial charge in [0, 0.05) is 49.2 Å². The van der Waals surface area contributed by atoms with Crippen LogP contribution >= 0.6 is 0 Å². The summed E-state index contributed by atoms with van der Waals surface area (Å²) in [6, 6.07) is 23.9. The smallest absolute Gasteiger partial charge is 0.253 e. The Balaban J connectivity index is 1.53. The van der Waals surface area contributed by atoms with E-state index < -0.39 is 0 Å². The molecule has 3 aromatic rings. The number of amides is 3. The fourth-order valence-electron chi connectivity index (χ4n) is 4.03. The Labute approximate surface area is 219 Å². The molecule has 0 radical (unpaired) electrons. The molecule has 7 nitrogen and oxygen atoms in total. The Morgan fingerprint density at radius 3 is 2.05 bits per heavy atom. The molecule has 0 bridgehead atoms. The normalized spacial score (nSPS) is 10.5. The maximum atomic E-state index is 12.9. The largest absolute Gasteiger partial charge is 0.376 e. The minimum absolute atomic E-state index is 0.0248. The number of carbonyl (C=O) groups excluding carboxylic acids is 3. The molecule has 2 N–H and O–H groups in total. The zero-order valence-corrected chi connectivity index (χ0v) is 21.9. The second kappa shape index (κ2) is 13.8. The molecule has 3 aromatic carbocycles. The van der Waals surface area contributed by atoms with Gasteiger partial charge in [0.15, 0.2) is 0 Å². The molecule has 0 aliphatic rings. The monoisotopic (exact) mass is 500 g/mol. The summed E-state index contributed by atoms with van der Waals surface area (Å²) < 4.78 is 0. The molecule has 0 aromatic heterocycles. The summed E-state index contributed by atoms with van der Waals surface area (Å²) in [5.41, 5.74) is 3.49. The van der Waals surface area contributed by atoms with Gasteiger partial charge in [0.2, 0.25) is 5.91 Å². The minimum Gasteiger partial charge on any atom is -0.376 e. The Bertz CT molecular complexity index is 1170. The van der Waals surface area contributed by atoms with E-state index in [-0.39, 0.29) is 24.3 Å². The van der Waals surface area contributed by atoms with Crippen molar-refractivity contribution < 1.29 is 14.4 Å². The van der Waals surface area contributed by atoms with E-state index in [1.165, 1.54) is 0 Å². The van der Waals surface area contributed by atoms with Crippen molar-refractivity contribution >= 4 is 29.1 Å². The van der Waals surface area contributed by atoms with Crippen molar-refractivity contribution in [3.63, 3.8) is 0 Å². The molecule has 0 fully saturated rings. The highest BCUT2D eigenvalue weighted by atomic mass is 16.2. The van der Waals surface area contributed by atoms with Crippen LogP contribution in [0.3, 0.4) is 0 Å². The van der Waals surface area contributed by atoms with Crippen LogP contribution in [0.5, 0.6) is 0 Å². The Morgan fingerprint density at radius 2 is 1.41 bits per heavy atom. The number of benzene rings is 3. The quantitative estimate of drug-likeness (QED) is 0.355. The van der Waals surface area contributed by atoms with Crippen LogP contribution in [0, 0.1) is 0 Å². The molecule has 0 saturated carbocycles. The summed E-state index contributed by atoms with van der Waals surface area (Å²) in [6.07, 6.45) is 1.84. The van der Waals surface area contributed by atoms with Crippen molar-refractivity contribution in [3.8, 4) is 0 Å². The molecule has 0 spiro atoms. The Hall–Kier alpha value is -4.13. The summed E-state index contributed by atoms with van der Waals surface area (Å²) >= 11 is 0. The van der Waals surface area contributed by atoms with Crippen molar-refractivity contribution in [1.82, 2.24) is 9.80 Å². The van der Waals surface area contributed by atoms with E-state index in [1.807, 2.05) is 35.2 Å². The molecule has 37 heavy (non-hydrogen) atoms. The van der Waals surface area contributed by atoms with Gasteiger partial charge in [0.25, 0.3) is 11.8 Å². The average molecular weight is 501 g/mol. The van der Waals surface area contributed by atoms with Crippen LogP contribution in [-0.2, 0) is 11.3 Å². The first kappa shape index (κ1) is 27.5. The van der Waals surface area contributed by atoms with Crippen molar-refractivity contribution in [2.45, 2.75) is 33.2 Å². The fourth-order valence-corrected chi connectivity index (χ4v) is 4.03. The highest BCUT2D eigenvalue weighted by molar-refractivity contribution is 5.98. The lowest BCUT2D eigenvalue weighted by molar-refractivity contribution is -0.114. The summed E-state index contributed by atoms with van der Waals surface area (Å²) in [5.74, 6) is -0.333. The Morgan fingerprint density at radius 1 is 0.730 bits per heavy atom. The Kier molecular flexibility index (Phi) is 10.3. The third-order valence-electron chi connectivity index (χ3n) is 5.86. The predicted octanol–water partition coefficient (Wildman–Crippen LogP) is 5.27. The molecule has 0 unspecified atom stereocenters. The van der Waals surface area contributed by atoms with Crippen LogP contribution in [0.4, 0.5) is 11.4 Å². The molecule has 0 heterocycles. The molecule has 0 aliphatic carbocycles. The van der Waals surface area contributed by atoms with Gasteiger partial charge >= 0.3 is 0 Å². The number of hydrogen-bond acceptors (Lipinski definition) is 4. The zero-order chi connectivity index (χ0) is 26.6. The summed E-state index contributed by atoms with van der Waals surface area (Å²) in [4.78, 5) is 41.6. The standard InChI is InChI=1S/C30H36N4O3/c1-4-18-34(19-5-2)30(37)24-14-16-26(17-15-24)31-21-28(35)32-27-13-9-12-25(20-27)29(36)33(3)22-23-10-7-6-8-11-23/h6-17,20,31H,4-5,18-19,21-22H2,1-3H3,(H,32,35). The molecule has 3 amide bonds. The maximum absolute atomic E-state index is 12.9. The van der Waals surface area contributed by atoms with E-state index in [2.05, 4.69) is 24.5 Å². The highest BCUT2D eigenvalue weighted by Gasteiger charge is 2.15. The molecule has 3 rings (SSSR count). The van der Waals surface area contributed by atoms with Crippen molar-refractivity contribution in [3.05, 3.63) is 95.6 Å². The number of carbonyl (C=O) groups is 3. The number of rotatable bonds is 12. The summed E-state index contributed by atoms with van der Waals surface area (Å²) in [7, 11) is 1.76. The van der Waals surface area contributed by atoms with Gasteiger partial charge in [-0.3, -0.25) is 14.4 Å². The maximum Gasteiger partial charge on any atom is 0.253 e. The van der Waals surface area contributed by atoms with Crippen LogP contribution in [0.1, 0.15) is 53.0 Å². The number of nitrogens with one attached hydrogen (secondary N) is 2. The predicted molar refractivity (Wildman–Crippen MR) is 149 cm³/mol. The van der Waals surface area contributed by atoms with E-state index in [1.54, 1.807) is 60.5 Å². The van der Waals surface area contributed by atoms with E-state index >= 15 is 0 Å². The lowest BCUT2D eigenvalue weighted by Crippen LogP contribution is -2.32. The first-order chi connectivity index (χ1) is 17.9. The van der Waals surface area contributed by atoms with Crippen LogP contribution in [0.15, 0.2) is 78.9 Å². The SMILES string of the molecule is CCCN(CCC)C(=O)c1ccc(NCC(=O)Nc2cccc(C(=O)N(C)Cc3ccccc3)c2)cc1. The number of hydrogen-bond donors (Lipinski definition) is 2. The van der Waals surface area contributed by atoms with Gasteiger partial charge < -0.3 is 20.4 Å². The van der Waals surface area contributed by atoms with Gasteiger partial charge in [-0.05, 0) is 60.9 Å². The summed E-state index contributed by atoms with van der Waals surface area (Å²) in [5, 5.41) is 5.92. The molecule has 0 saturated heterocycles. The first-order valence-corrected chi connectivity index (χ1v) is 12.7. The van der Waals surface area contributed by atoms with Gasteiger partial charge in [-0.25, -0.2) is 0 Å². The topological polar surface area (TPSA) is 81.8 Å². The molecule has 0 atom stereocenters. The van der Waals surface area contributed by atoms with Crippen molar-refractivity contribution in [2.75, 3.05) is 37.3 Å². The molecular weight excluding hydrogens is 464 g/mol. The van der Waals surface area contributed by atoms with Gasteiger partial charge in [-0.1, -0.05) is 50.2 Å². The van der Waals surface area contributed by atoms with Crippen LogP contribution in [-0.4, -0.2) is 54.2 Å². The van der Waals surface area contributed by atoms with Gasteiger partial charge in [-0.15, -0.1) is 0 Å². The molecule has 194 valence electrons. The van der Waals surface area contributed by atoms with Crippen LogP contribution < -0.4 is 10.6 Å². The second-order valence-electron chi connectivity index (χ2n) is 9.00. The second-order valence-corrected chi connectivity index (χ2v) is 9.00. The third kappa shape index (κ3) is 8.20. The number of nitrogens with zero attached hydrogens (tertiary/aromatic N) is 2. The zero-order valence-electron chi connectivity index (χ0n) is 21.9. The van der Waals surface area contributed by atoms with E-state index in [0.717, 1.165) is 37.2 Å². The molecule has 7 heteroatoms. The lowest BCUT2D eigenvalue weighted by atomic mass is 10.1. The molecular formula is C30H36N4O3. The van der Waals surface area contributed by atoms with Gasteiger partial charge in [0.1, 0.15) is 0 Å². The van der Waals surface area contributed by atoms with Crippen molar-refractivity contribution in [2.24, 2.45) is 0 Å². The summed E-state index contributed by atoms with van der Waals surface area (Å²) in [6.45, 7) is 6.15. The van der Waals surface area contributed by atoms with Gasteiger partial charge in [-0.2, -0.15) is 0 Å². The van der Waals surface area contributed by atoms with Crippen LogP contribution in [0.2, 0.25) is 0 Å². The van der Waals surface area contributed by atoms with Crippen LogP contribution in [0.25, 0.3) is 0 Å².